The van der Waals surface area contributed by atoms with Gasteiger partial charge in [0.15, 0.2) is 24.8 Å². The van der Waals surface area contributed by atoms with Crippen LogP contribution in [0.25, 0.3) is 0 Å². The maximum Gasteiger partial charge on any atom is 0.187 e. The molecule has 5 rings (SSSR count). The van der Waals surface area contributed by atoms with Crippen molar-refractivity contribution < 1.29 is 79.9 Å². The van der Waals surface area contributed by atoms with Gasteiger partial charge in [0, 0.05) is 18.8 Å². The average Bonchev–Trinajstić information content (AvgIpc) is 2.96. The van der Waals surface area contributed by atoms with Crippen LogP contribution in [-0.2, 0) is 18.9 Å². The number of hydrogen-bond donors (Lipinski definition) is 11. The Bertz CT molecular complexity index is 902. The molecule has 3 saturated heterocycles. The number of hydrogen-bond acceptors (Lipinski definition) is 15. The van der Waals surface area contributed by atoms with Crippen molar-refractivity contribution in [3.8, 4) is 0 Å². The minimum Gasteiger partial charge on any atom is -0.427 e. The second-order valence-corrected chi connectivity index (χ2v) is 12.9. The Kier molecular flexibility index (Phi) is 10.7. The third-order valence-electron chi connectivity index (χ3n) is 9.84. The van der Waals surface area contributed by atoms with Gasteiger partial charge in [-0.05, 0) is 26.2 Å². The molecule has 5 fully saturated rings. The first-order valence-electron chi connectivity index (χ1n) is 15.0. The molecule has 3 heterocycles. The van der Waals surface area contributed by atoms with Crippen LogP contribution >= 0.6 is 0 Å². The Labute approximate surface area is 248 Å². The van der Waals surface area contributed by atoms with Gasteiger partial charge in [0.1, 0.15) is 54.9 Å². The van der Waals surface area contributed by atoms with Crippen LogP contribution in [0, 0.1) is 11.8 Å². The van der Waals surface area contributed by atoms with Gasteiger partial charge in [-0.2, -0.15) is 0 Å². The molecule has 0 radical (unpaired) electrons. The summed E-state index contributed by atoms with van der Waals surface area (Å²) in [4.78, 5) is 0. The molecule has 16 heteroatoms. The smallest absolute Gasteiger partial charge is 0.187 e. The van der Waals surface area contributed by atoms with Crippen LogP contribution in [0.3, 0.4) is 0 Å². The largest absolute Gasteiger partial charge is 0.427 e. The molecule has 0 aromatic rings. The van der Waals surface area contributed by atoms with Crippen molar-refractivity contribution >= 4 is 0 Å². The van der Waals surface area contributed by atoms with Gasteiger partial charge in [-0.25, -0.2) is 0 Å². The SMILES string of the molecule is CC1OC(OCC2OC(OC3CC4C(O)CC(O)CC4[OH+]C3C3CC(O)C(O)C(O)C3)C(O)C(O)C2O)C(O)C(O)C1O. The van der Waals surface area contributed by atoms with Crippen molar-refractivity contribution in [3.63, 3.8) is 0 Å². The summed E-state index contributed by atoms with van der Waals surface area (Å²) in [6, 6.07) is 0. The summed E-state index contributed by atoms with van der Waals surface area (Å²) in [5.41, 5.74) is 0. The molecule has 0 bridgehead atoms. The van der Waals surface area contributed by atoms with Crippen LogP contribution in [0.2, 0.25) is 0 Å². The van der Waals surface area contributed by atoms with Crippen molar-refractivity contribution in [1.29, 1.82) is 0 Å². The molecule has 16 nitrogen and oxygen atoms in total. The quantitative estimate of drug-likeness (QED) is 0.123. The minimum absolute atomic E-state index is 0.0866. The zero-order chi connectivity index (χ0) is 31.3. The Hall–Kier alpha value is -0.640. The standard InChI is InChI=1S/C27H46O16/c1-8-18(32)21(35)23(37)26(40-8)39-7-17-20(34)22(36)24(38)27(43-17)42-16-6-11-12(29)4-10(28)5-15(11)41-25(16)9-2-13(30)19(33)14(31)3-9/h8-38H,2-7H2,1H3/p+1. The third kappa shape index (κ3) is 6.90. The molecule has 250 valence electrons. The van der Waals surface area contributed by atoms with Gasteiger partial charge in [-0.1, -0.05) is 0 Å². The van der Waals surface area contributed by atoms with Gasteiger partial charge in [0.05, 0.1) is 43.0 Å². The molecule has 3 aliphatic heterocycles. The average molecular weight is 628 g/mol. The van der Waals surface area contributed by atoms with Crippen molar-refractivity contribution in [3.05, 3.63) is 0 Å². The molecule has 0 amide bonds. The first-order valence-corrected chi connectivity index (χ1v) is 15.0. The summed E-state index contributed by atoms with van der Waals surface area (Å²) in [5, 5.41) is 114. The van der Waals surface area contributed by atoms with Gasteiger partial charge in [-0.15, -0.1) is 0 Å². The maximum absolute atomic E-state index is 10.8. The maximum atomic E-state index is 10.8. The Morgan fingerprint density at radius 3 is 1.93 bits per heavy atom. The first kappa shape index (κ1) is 33.7. The molecule has 2 saturated carbocycles. The molecule has 0 spiro atoms. The number of aliphatic hydroxyl groups is 13. The Morgan fingerprint density at radius 2 is 1.26 bits per heavy atom. The Morgan fingerprint density at radius 1 is 0.628 bits per heavy atom. The topological polar surface area (TPSA) is 272 Å². The highest BCUT2D eigenvalue weighted by molar-refractivity contribution is 4.99. The lowest BCUT2D eigenvalue weighted by atomic mass is 9.72. The van der Waals surface area contributed by atoms with Gasteiger partial charge in [0.2, 0.25) is 0 Å². The summed E-state index contributed by atoms with van der Waals surface area (Å²) < 4.78 is 27.8. The number of ether oxygens (including phenoxy) is 5. The van der Waals surface area contributed by atoms with Crippen LogP contribution in [0.1, 0.15) is 39.0 Å². The van der Waals surface area contributed by atoms with E-state index in [9.17, 15) is 56.2 Å². The molecule has 18 unspecified atom stereocenters. The van der Waals surface area contributed by atoms with E-state index in [0.29, 0.717) is 6.42 Å². The number of fused-ring (bicyclic) bond motifs is 1. The van der Waals surface area contributed by atoms with E-state index in [-0.39, 0.29) is 25.7 Å². The summed E-state index contributed by atoms with van der Waals surface area (Å²) in [7, 11) is 0. The van der Waals surface area contributed by atoms with E-state index in [0.717, 1.165) is 0 Å². The highest BCUT2D eigenvalue weighted by Crippen LogP contribution is 2.42. The minimum atomic E-state index is -1.74. The second kappa shape index (κ2) is 13.6. The van der Waals surface area contributed by atoms with E-state index in [2.05, 4.69) is 0 Å². The fraction of sp³-hybridized carbons (Fsp3) is 1.00. The van der Waals surface area contributed by atoms with E-state index in [1.807, 2.05) is 0 Å². The molecule has 18 atom stereocenters. The van der Waals surface area contributed by atoms with Crippen molar-refractivity contribution in [2.45, 2.75) is 149 Å². The van der Waals surface area contributed by atoms with Crippen molar-refractivity contribution in [2.24, 2.45) is 11.8 Å². The molecule has 0 aromatic carbocycles. The number of aliphatic hydroxyl groups excluding tert-OH is 11. The fourth-order valence-electron chi connectivity index (χ4n) is 7.24. The predicted molar refractivity (Wildman–Crippen MR) is 140 cm³/mol. The molecule has 5 aliphatic rings. The molecule has 12 N–H and O–H groups in total. The van der Waals surface area contributed by atoms with Gasteiger partial charge in [-0.3, -0.25) is 0 Å². The normalized spacial score (nSPS) is 56.4. The van der Waals surface area contributed by atoms with Crippen LogP contribution in [-0.4, -0.2) is 178 Å². The lowest BCUT2D eigenvalue weighted by molar-refractivity contribution is -0.363. The van der Waals surface area contributed by atoms with Crippen molar-refractivity contribution in [2.75, 3.05) is 6.61 Å². The highest BCUT2D eigenvalue weighted by atomic mass is 16.7. The molecular weight excluding hydrogens is 580 g/mol. The second-order valence-electron chi connectivity index (χ2n) is 12.9. The van der Waals surface area contributed by atoms with E-state index < -0.39 is 129 Å². The summed E-state index contributed by atoms with van der Waals surface area (Å²) in [5.74, 6) is -0.877. The lowest BCUT2D eigenvalue weighted by Crippen LogP contribution is -2.64. The monoisotopic (exact) mass is 627 g/mol. The summed E-state index contributed by atoms with van der Waals surface area (Å²) in [6.07, 6.45) is -21.3. The molecule has 0 aromatic heterocycles. The van der Waals surface area contributed by atoms with E-state index in [1.54, 1.807) is 0 Å². The van der Waals surface area contributed by atoms with Crippen molar-refractivity contribution in [1.82, 2.24) is 0 Å². The van der Waals surface area contributed by atoms with E-state index in [1.165, 1.54) is 6.92 Å². The number of rotatable bonds is 6. The molecule has 43 heavy (non-hydrogen) atoms. The van der Waals surface area contributed by atoms with Crippen LogP contribution in [0.5, 0.6) is 0 Å². The predicted octanol–water partition coefficient (Wildman–Crippen LogP) is -5.68. The first-order chi connectivity index (χ1) is 20.3. The summed E-state index contributed by atoms with van der Waals surface area (Å²) >= 11 is 0. The van der Waals surface area contributed by atoms with Gasteiger partial charge < -0.3 is 79.9 Å². The van der Waals surface area contributed by atoms with Gasteiger partial charge in [0.25, 0.3) is 0 Å². The fourth-order valence-corrected chi connectivity index (χ4v) is 7.24. The third-order valence-corrected chi connectivity index (χ3v) is 9.84. The lowest BCUT2D eigenvalue weighted by Gasteiger charge is -2.49. The molecule has 2 aliphatic carbocycles. The van der Waals surface area contributed by atoms with Crippen LogP contribution in [0.4, 0.5) is 0 Å². The zero-order valence-corrected chi connectivity index (χ0v) is 23.8. The highest BCUT2D eigenvalue weighted by Gasteiger charge is 2.55. The van der Waals surface area contributed by atoms with Crippen LogP contribution < -0.4 is 0 Å². The summed E-state index contributed by atoms with van der Waals surface area (Å²) in [6.45, 7) is 0.998. The van der Waals surface area contributed by atoms with Crippen LogP contribution in [0.15, 0.2) is 0 Å². The zero-order valence-electron chi connectivity index (χ0n) is 23.8. The van der Waals surface area contributed by atoms with E-state index in [4.69, 9.17) is 23.7 Å². The van der Waals surface area contributed by atoms with Gasteiger partial charge >= 0.3 is 0 Å². The Balaban J connectivity index is 1.30. The van der Waals surface area contributed by atoms with E-state index >= 15 is 0 Å². The molecular formula is C27H47O16+.